The lowest BCUT2D eigenvalue weighted by Gasteiger charge is -2.09. The summed E-state index contributed by atoms with van der Waals surface area (Å²) >= 11 is 0. The van der Waals surface area contributed by atoms with Crippen molar-refractivity contribution in [3.63, 3.8) is 0 Å². The molecule has 0 saturated heterocycles. The van der Waals surface area contributed by atoms with Gasteiger partial charge in [-0.15, -0.1) is 0 Å². The molecule has 6 nitrogen and oxygen atoms in total. The number of benzene rings is 2. The van der Waals surface area contributed by atoms with E-state index in [1.807, 2.05) is 48.5 Å². The molecule has 0 unspecified atom stereocenters. The molecule has 6 heteroatoms. The van der Waals surface area contributed by atoms with Crippen LogP contribution in [0.25, 0.3) is 11.4 Å². The third kappa shape index (κ3) is 3.17. The molecule has 0 radical (unpaired) electrons. The zero-order valence-corrected chi connectivity index (χ0v) is 13.0. The van der Waals surface area contributed by atoms with Crippen molar-refractivity contribution in [2.75, 3.05) is 14.2 Å². The van der Waals surface area contributed by atoms with Gasteiger partial charge >= 0.3 is 0 Å². The number of hydrogen-bond acceptors (Lipinski definition) is 5. The zero-order valence-electron chi connectivity index (χ0n) is 13.0. The third-order valence-electron chi connectivity index (χ3n) is 3.62. The number of H-pyrrole nitrogens is 1. The van der Waals surface area contributed by atoms with Gasteiger partial charge in [-0.1, -0.05) is 12.1 Å². The van der Waals surface area contributed by atoms with E-state index in [0.717, 1.165) is 22.6 Å². The summed E-state index contributed by atoms with van der Waals surface area (Å²) in [5, 5.41) is 7.15. The van der Waals surface area contributed by atoms with Crippen LogP contribution in [0.1, 0.15) is 17.4 Å². The predicted octanol–water partition coefficient (Wildman–Crippen LogP) is 2.54. The molecule has 118 valence electrons. The Balaban J connectivity index is 1.82. The monoisotopic (exact) mass is 310 g/mol. The summed E-state index contributed by atoms with van der Waals surface area (Å²) in [6, 6.07) is 14.8. The van der Waals surface area contributed by atoms with E-state index in [1.54, 1.807) is 14.2 Å². The molecule has 0 aliphatic rings. The molecule has 1 aromatic heterocycles. The van der Waals surface area contributed by atoms with Gasteiger partial charge in [0.2, 0.25) is 0 Å². The number of methoxy groups -OCH3 is 2. The van der Waals surface area contributed by atoms with Crippen LogP contribution in [0.4, 0.5) is 0 Å². The predicted molar refractivity (Wildman–Crippen MR) is 87.4 cm³/mol. The van der Waals surface area contributed by atoms with Crippen LogP contribution in [0.3, 0.4) is 0 Å². The van der Waals surface area contributed by atoms with Gasteiger partial charge in [0.05, 0.1) is 20.3 Å². The first-order valence-electron chi connectivity index (χ1n) is 7.17. The fraction of sp³-hybridized carbons (Fsp3) is 0.176. The van der Waals surface area contributed by atoms with Crippen molar-refractivity contribution in [2.24, 2.45) is 5.73 Å². The number of aromatic amines is 1. The molecule has 0 bridgehead atoms. The van der Waals surface area contributed by atoms with Crippen LogP contribution in [-0.4, -0.2) is 29.4 Å². The van der Waals surface area contributed by atoms with Crippen LogP contribution in [0.5, 0.6) is 11.5 Å². The summed E-state index contributed by atoms with van der Waals surface area (Å²) in [6.45, 7) is 0. The Hall–Kier alpha value is -2.86. The van der Waals surface area contributed by atoms with Gasteiger partial charge in [-0.2, -0.15) is 5.10 Å². The van der Waals surface area contributed by atoms with Crippen LogP contribution < -0.4 is 15.2 Å². The van der Waals surface area contributed by atoms with Crippen LogP contribution >= 0.6 is 0 Å². The molecule has 23 heavy (non-hydrogen) atoms. The summed E-state index contributed by atoms with van der Waals surface area (Å²) in [4.78, 5) is 4.49. The molecule has 3 N–H and O–H groups in total. The van der Waals surface area contributed by atoms with Crippen LogP contribution in [-0.2, 0) is 0 Å². The second kappa shape index (κ2) is 6.50. The van der Waals surface area contributed by atoms with Gasteiger partial charge in [-0.3, -0.25) is 5.10 Å². The second-order valence-corrected chi connectivity index (χ2v) is 5.02. The quantitative estimate of drug-likeness (QED) is 0.756. The zero-order chi connectivity index (χ0) is 16.2. The Morgan fingerprint density at radius 1 is 0.913 bits per heavy atom. The van der Waals surface area contributed by atoms with Crippen LogP contribution in [0.2, 0.25) is 0 Å². The Bertz CT molecular complexity index is 766. The van der Waals surface area contributed by atoms with Crippen molar-refractivity contribution in [1.29, 1.82) is 0 Å². The Kier molecular flexibility index (Phi) is 4.25. The van der Waals surface area contributed by atoms with Gasteiger partial charge in [0.15, 0.2) is 5.82 Å². The first-order chi connectivity index (χ1) is 11.2. The molecule has 1 heterocycles. The topological polar surface area (TPSA) is 86.0 Å². The lowest BCUT2D eigenvalue weighted by atomic mass is 10.1. The average molecular weight is 310 g/mol. The summed E-state index contributed by atoms with van der Waals surface area (Å²) in [6.07, 6.45) is 0. The van der Waals surface area contributed by atoms with Gasteiger partial charge in [0, 0.05) is 5.56 Å². The average Bonchev–Trinajstić information content (AvgIpc) is 3.11. The first-order valence-corrected chi connectivity index (χ1v) is 7.17. The maximum absolute atomic E-state index is 6.25. The number of nitrogens with zero attached hydrogens (tertiary/aromatic N) is 2. The van der Waals surface area contributed by atoms with E-state index in [4.69, 9.17) is 15.2 Å². The lowest BCUT2D eigenvalue weighted by Crippen LogP contribution is -2.13. The van der Waals surface area contributed by atoms with Crippen molar-refractivity contribution in [3.8, 4) is 22.9 Å². The van der Waals surface area contributed by atoms with Crippen molar-refractivity contribution in [2.45, 2.75) is 6.04 Å². The fourth-order valence-electron chi connectivity index (χ4n) is 2.25. The maximum Gasteiger partial charge on any atom is 0.181 e. The molecule has 1 atom stereocenters. The number of hydrogen-bond donors (Lipinski definition) is 2. The Morgan fingerprint density at radius 2 is 1.48 bits per heavy atom. The molecule has 0 aliphatic carbocycles. The van der Waals surface area contributed by atoms with Crippen molar-refractivity contribution < 1.29 is 9.47 Å². The minimum absolute atomic E-state index is 0.375. The Labute approximate surface area is 134 Å². The minimum Gasteiger partial charge on any atom is -0.497 e. The molecule has 2 aromatic carbocycles. The van der Waals surface area contributed by atoms with E-state index in [0.29, 0.717) is 11.6 Å². The molecule has 0 aliphatic heterocycles. The van der Waals surface area contributed by atoms with Gasteiger partial charge in [-0.05, 0) is 42.0 Å². The number of ether oxygens (including phenoxy) is 2. The normalized spacial score (nSPS) is 12.0. The highest BCUT2D eigenvalue weighted by Gasteiger charge is 2.15. The summed E-state index contributed by atoms with van der Waals surface area (Å²) in [7, 11) is 3.26. The Morgan fingerprint density at radius 3 is 2.04 bits per heavy atom. The fourth-order valence-corrected chi connectivity index (χ4v) is 2.25. The summed E-state index contributed by atoms with van der Waals surface area (Å²) in [5.74, 6) is 2.80. The van der Waals surface area contributed by atoms with E-state index >= 15 is 0 Å². The van der Waals surface area contributed by atoms with Crippen LogP contribution in [0, 0.1) is 0 Å². The number of aromatic nitrogens is 3. The standard InChI is InChI=1S/C17H18N4O2/c1-22-13-7-3-11(4-8-13)15(18)17-19-16(20-21-17)12-5-9-14(23-2)10-6-12/h3-10,15H,18H2,1-2H3,(H,19,20,21)/t15-/m0/s1. The van der Waals surface area contributed by atoms with E-state index in [2.05, 4.69) is 15.2 Å². The van der Waals surface area contributed by atoms with E-state index in [1.165, 1.54) is 0 Å². The van der Waals surface area contributed by atoms with Crippen molar-refractivity contribution >= 4 is 0 Å². The molecular weight excluding hydrogens is 292 g/mol. The summed E-state index contributed by atoms with van der Waals surface area (Å²) in [5.41, 5.74) is 8.08. The molecule has 0 saturated carbocycles. The molecule has 0 amide bonds. The summed E-state index contributed by atoms with van der Waals surface area (Å²) < 4.78 is 10.3. The molecule has 3 aromatic rings. The highest BCUT2D eigenvalue weighted by atomic mass is 16.5. The molecule has 0 fully saturated rings. The number of nitrogens with two attached hydrogens (primary N) is 1. The lowest BCUT2D eigenvalue weighted by molar-refractivity contribution is 0.414. The van der Waals surface area contributed by atoms with E-state index in [9.17, 15) is 0 Å². The van der Waals surface area contributed by atoms with E-state index in [-0.39, 0.29) is 6.04 Å². The minimum atomic E-state index is -0.375. The van der Waals surface area contributed by atoms with Gasteiger partial charge in [0.1, 0.15) is 17.3 Å². The smallest absolute Gasteiger partial charge is 0.181 e. The highest BCUT2D eigenvalue weighted by molar-refractivity contribution is 5.56. The largest absolute Gasteiger partial charge is 0.497 e. The second-order valence-electron chi connectivity index (χ2n) is 5.02. The first kappa shape index (κ1) is 15.1. The number of nitrogens with one attached hydrogen (secondary N) is 1. The van der Waals surface area contributed by atoms with Gasteiger partial charge in [0.25, 0.3) is 0 Å². The van der Waals surface area contributed by atoms with Crippen molar-refractivity contribution in [1.82, 2.24) is 15.2 Å². The van der Waals surface area contributed by atoms with Crippen molar-refractivity contribution in [3.05, 3.63) is 59.9 Å². The molecular formula is C17H18N4O2. The van der Waals surface area contributed by atoms with Crippen LogP contribution in [0.15, 0.2) is 48.5 Å². The molecule has 0 spiro atoms. The maximum atomic E-state index is 6.25. The SMILES string of the molecule is COc1ccc(-c2n[nH]c([C@@H](N)c3ccc(OC)cc3)n2)cc1. The number of rotatable bonds is 5. The van der Waals surface area contributed by atoms with E-state index < -0.39 is 0 Å². The van der Waals surface area contributed by atoms with Gasteiger partial charge < -0.3 is 15.2 Å². The highest BCUT2D eigenvalue weighted by Crippen LogP contribution is 2.23. The third-order valence-corrected chi connectivity index (χ3v) is 3.62. The molecule has 3 rings (SSSR count). The van der Waals surface area contributed by atoms with Gasteiger partial charge in [-0.25, -0.2) is 4.98 Å².